The number of fused-ring (bicyclic) bond motifs is 4. The molecule has 3 nitrogen and oxygen atoms in total. The van der Waals surface area contributed by atoms with Crippen molar-refractivity contribution in [2.75, 3.05) is 13.1 Å². The van der Waals surface area contributed by atoms with Gasteiger partial charge in [-0.05, 0) is 61.0 Å². The van der Waals surface area contributed by atoms with Crippen molar-refractivity contribution in [1.29, 1.82) is 0 Å². The zero-order chi connectivity index (χ0) is 20.6. The van der Waals surface area contributed by atoms with E-state index in [2.05, 4.69) is 78.5 Å². The third-order valence-electron chi connectivity index (χ3n) is 7.16. The Labute approximate surface area is 180 Å². The quantitative estimate of drug-likeness (QED) is 0.593. The summed E-state index contributed by atoms with van der Waals surface area (Å²) in [5.74, 6) is 0.948. The Hall–Kier alpha value is -2.52. The molecule has 154 valence electrons. The van der Waals surface area contributed by atoms with Gasteiger partial charge in [0.1, 0.15) is 5.82 Å². The minimum absolute atomic E-state index is 0.225. The third kappa shape index (κ3) is 3.45. The number of nitrogens with zero attached hydrogens (tertiary/aromatic N) is 3. The second-order valence-corrected chi connectivity index (χ2v) is 8.96. The topological polar surface area (TPSA) is 29.0 Å². The number of aryl methyl sites for hydroxylation is 2. The summed E-state index contributed by atoms with van der Waals surface area (Å²) in [7, 11) is 0. The Balaban J connectivity index is 1.38. The third-order valence-corrected chi connectivity index (χ3v) is 7.16. The largest absolute Gasteiger partial charge is 0.299 e. The van der Waals surface area contributed by atoms with Crippen LogP contribution in [0.1, 0.15) is 54.8 Å². The SMILES string of the molecule is CCc1ccc(CN2CCC3(CC2)Cc2cnc(CC)nc2-c2ccccc23)cc1. The summed E-state index contributed by atoms with van der Waals surface area (Å²) in [6.45, 7) is 7.69. The Bertz CT molecular complexity index is 1030. The van der Waals surface area contributed by atoms with E-state index in [1.54, 1.807) is 0 Å². The first-order chi connectivity index (χ1) is 14.7. The highest BCUT2D eigenvalue weighted by atomic mass is 15.1. The van der Waals surface area contributed by atoms with Gasteiger partial charge in [0.05, 0.1) is 5.69 Å². The summed E-state index contributed by atoms with van der Waals surface area (Å²) in [6.07, 6.45) is 7.56. The number of hydrogen-bond acceptors (Lipinski definition) is 3. The van der Waals surface area contributed by atoms with Crippen LogP contribution in [-0.4, -0.2) is 28.0 Å². The molecule has 0 saturated carbocycles. The maximum absolute atomic E-state index is 4.91. The van der Waals surface area contributed by atoms with Crippen LogP contribution in [0.25, 0.3) is 11.3 Å². The Morgan fingerprint density at radius 1 is 0.900 bits per heavy atom. The van der Waals surface area contributed by atoms with Gasteiger partial charge in [-0.1, -0.05) is 62.4 Å². The second-order valence-electron chi connectivity index (χ2n) is 8.96. The molecule has 30 heavy (non-hydrogen) atoms. The number of likely N-dealkylation sites (tertiary alicyclic amines) is 1. The summed E-state index contributed by atoms with van der Waals surface area (Å²) >= 11 is 0. The zero-order valence-corrected chi connectivity index (χ0v) is 18.2. The van der Waals surface area contributed by atoms with Crippen molar-refractivity contribution in [2.45, 2.75) is 57.9 Å². The van der Waals surface area contributed by atoms with Crippen LogP contribution in [0.15, 0.2) is 54.7 Å². The van der Waals surface area contributed by atoms with E-state index in [4.69, 9.17) is 4.98 Å². The van der Waals surface area contributed by atoms with Crippen molar-refractivity contribution in [3.8, 4) is 11.3 Å². The molecular formula is C27H31N3. The van der Waals surface area contributed by atoms with E-state index >= 15 is 0 Å². The average molecular weight is 398 g/mol. The van der Waals surface area contributed by atoms with Crippen molar-refractivity contribution in [1.82, 2.24) is 14.9 Å². The lowest BCUT2D eigenvalue weighted by molar-refractivity contribution is 0.150. The van der Waals surface area contributed by atoms with Gasteiger partial charge in [0.15, 0.2) is 0 Å². The van der Waals surface area contributed by atoms with Gasteiger partial charge in [0, 0.05) is 30.1 Å². The normalized spacial score (nSPS) is 17.5. The van der Waals surface area contributed by atoms with E-state index in [-0.39, 0.29) is 5.41 Å². The van der Waals surface area contributed by atoms with Crippen LogP contribution in [0.5, 0.6) is 0 Å². The van der Waals surface area contributed by atoms with E-state index in [9.17, 15) is 0 Å². The van der Waals surface area contributed by atoms with Gasteiger partial charge in [-0.2, -0.15) is 0 Å². The molecule has 0 radical (unpaired) electrons. The molecule has 3 aromatic rings. The summed E-state index contributed by atoms with van der Waals surface area (Å²) in [6, 6.07) is 18.1. The van der Waals surface area contributed by atoms with Crippen molar-refractivity contribution in [3.05, 3.63) is 82.8 Å². The molecule has 3 heteroatoms. The molecule has 1 aromatic heterocycles. The van der Waals surface area contributed by atoms with E-state index in [1.807, 2.05) is 0 Å². The van der Waals surface area contributed by atoms with Crippen molar-refractivity contribution < 1.29 is 0 Å². The molecule has 2 heterocycles. The Morgan fingerprint density at radius 3 is 2.37 bits per heavy atom. The molecule has 2 aromatic carbocycles. The first-order valence-electron chi connectivity index (χ1n) is 11.5. The summed E-state index contributed by atoms with van der Waals surface area (Å²) in [5.41, 5.74) is 8.41. The Morgan fingerprint density at radius 2 is 1.63 bits per heavy atom. The van der Waals surface area contributed by atoms with Crippen molar-refractivity contribution in [2.24, 2.45) is 0 Å². The van der Waals surface area contributed by atoms with Crippen LogP contribution in [0.2, 0.25) is 0 Å². The number of benzene rings is 2. The second kappa shape index (κ2) is 7.96. The molecule has 0 atom stereocenters. The van der Waals surface area contributed by atoms with Crippen LogP contribution < -0.4 is 0 Å². The number of hydrogen-bond donors (Lipinski definition) is 0. The molecule has 1 fully saturated rings. The molecular weight excluding hydrogens is 366 g/mol. The minimum Gasteiger partial charge on any atom is -0.299 e. The minimum atomic E-state index is 0.225. The number of rotatable bonds is 4. The molecule has 1 aliphatic carbocycles. The predicted octanol–water partition coefficient (Wildman–Crippen LogP) is 5.36. The standard InChI is InChI=1S/C27H31N3/c1-3-20-9-11-21(12-10-20)19-30-15-13-27(14-16-30)17-22-18-28-25(4-2)29-26(22)23-7-5-6-8-24(23)27/h5-12,18H,3-4,13-17,19H2,1-2H3. The van der Waals surface area contributed by atoms with Gasteiger partial charge < -0.3 is 0 Å². The monoisotopic (exact) mass is 397 g/mol. The fraction of sp³-hybridized carbons (Fsp3) is 0.407. The molecule has 1 saturated heterocycles. The Kier molecular flexibility index (Phi) is 5.16. The fourth-order valence-electron chi connectivity index (χ4n) is 5.31. The van der Waals surface area contributed by atoms with E-state index in [0.717, 1.165) is 44.7 Å². The molecule has 0 amide bonds. The highest BCUT2D eigenvalue weighted by Gasteiger charge is 2.41. The van der Waals surface area contributed by atoms with Gasteiger partial charge in [-0.15, -0.1) is 0 Å². The van der Waals surface area contributed by atoms with Gasteiger partial charge >= 0.3 is 0 Å². The summed E-state index contributed by atoms with van der Waals surface area (Å²) < 4.78 is 0. The summed E-state index contributed by atoms with van der Waals surface area (Å²) in [5, 5.41) is 0. The number of aromatic nitrogens is 2. The first kappa shape index (κ1) is 19.4. The lowest BCUT2D eigenvalue weighted by Crippen LogP contribution is -2.45. The molecule has 1 aliphatic heterocycles. The van der Waals surface area contributed by atoms with Crippen molar-refractivity contribution in [3.63, 3.8) is 0 Å². The van der Waals surface area contributed by atoms with Gasteiger partial charge in [0.25, 0.3) is 0 Å². The average Bonchev–Trinajstić information content (AvgIpc) is 2.81. The first-order valence-corrected chi connectivity index (χ1v) is 11.5. The fourth-order valence-corrected chi connectivity index (χ4v) is 5.31. The predicted molar refractivity (Wildman–Crippen MR) is 123 cm³/mol. The van der Waals surface area contributed by atoms with Gasteiger partial charge in [-0.25, -0.2) is 9.97 Å². The molecule has 0 unspecified atom stereocenters. The smallest absolute Gasteiger partial charge is 0.128 e. The highest BCUT2D eigenvalue weighted by molar-refractivity contribution is 5.71. The maximum atomic E-state index is 4.91. The van der Waals surface area contributed by atoms with E-state index < -0.39 is 0 Å². The van der Waals surface area contributed by atoms with Crippen LogP contribution >= 0.6 is 0 Å². The summed E-state index contributed by atoms with van der Waals surface area (Å²) in [4.78, 5) is 12.2. The van der Waals surface area contributed by atoms with Crippen LogP contribution in [0, 0.1) is 0 Å². The van der Waals surface area contributed by atoms with Gasteiger partial charge in [-0.3, -0.25) is 4.90 Å². The highest BCUT2D eigenvalue weighted by Crippen LogP contribution is 2.47. The lowest BCUT2D eigenvalue weighted by Gasteiger charge is -2.45. The molecule has 1 spiro atoms. The van der Waals surface area contributed by atoms with E-state index in [1.165, 1.54) is 46.4 Å². The molecule has 0 bridgehead atoms. The zero-order valence-electron chi connectivity index (χ0n) is 18.2. The maximum Gasteiger partial charge on any atom is 0.128 e. The van der Waals surface area contributed by atoms with E-state index in [0.29, 0.717) is 0 Å². The molecule has 0 N–H and O–H groups in total. The van der Waals surface area contributed by atoms with Crippen LogP contribution in [-0.2, 0) is 31.2 Å². The lowest BCUT2D eigenvalue weighted by atomic mass is 9.64. The molecule has 5 rings (SSSR count). The van der Waals surface area contributed by atoms with Crippen LogP contribution in [0.4, 0.5) is 0 Å². The van der Waals surface area contributed by atoms with Crippen LogP contribution in [0.3, 0.4) is 0 Å². The molecule has 2 aliphatic rings. The van der Waals surface area contributed by atoms with Crippen molar-refractivity contribution >= 4 is 0 Å². The number of piperidine rings is 1. The van der Waals surface area contributed by atoms with Gasteiger partial charge in [0.2, 0.25) is 0 Å².